The van der Waals surface area contributed by atoms with E-state index in [0.29, 0.717) is 17.5 Å². The van der Waals surface area contributed by atoms with Crippen molar-refractivity contribution in [3.8, 4) is 39.9 Å². The molecule has 1 aliphatic carbocycles. The zero-order valence-electron chi connectivity index (χ0n) is 34.6. The fourth-order valence-corrected chi connectivity index (χ4v) is 10.0. The van der Waals surface area contributed by atoms with Gasteiger partial charge < -0.3 is 4.57 Å². The van der Waals surface area contributed by atoms with Crippen LogP contribution in [-0.2, 0) is 10.8 Å². The Labute approximate surface area is 353 Å². The lowest BCUT2D eigenvalue weighted by Crippen LogP contribution is -2.33. The molecule has 292 valence electrons. The number of fused-ring (bicyclic) bond motifs is 10. The van der Waals surface area contributed by atoms with E-state index in [1.54, 1.807) is 0 Å². The van der Waals surface area contributed by atoms with Crippen LogP contribution in [-0.4, -0.2) is 29.5 Å². The first-order valence-electron chi connectivity index (χ1n) is 21.2. The van der Waals surface area contributed by atoms with Crippen molar-refractivity contribution < 1.29 is 0 Å². The zero-order chi connectivity index (χ0) is 41.0. The summed E-state index contributed by atoms with van der Waals surface area (Å²) < 4.78 is 2.46. The molecule has 11 aromatic rings. The largest absolute Gasteiger partial charge is 0.309 e. The van der Waals surface area contributed by atoms with Crippen molar-refractivity contribution in [1.82, 2.24) is 29.5 Å². The molecule has 61 heavy (non-hydrogen) atoms. The molecule has 0 saturated heterocycles. The van der Waals surface area contributed by atoms with E-state index >= 15 is 0 Å². The highest BCUT2D eigenvalue weighted by Gasteiger charge is 2.38. The van der Waals surface area contributed by atoms with Gasteiger partial charge in [-0.15, -0.1) is 0 Å². The van der Waals surface area contributed by atoms with E-state index in [4.69, 9.17) is 24.9 Å². The number of hydrogen-bond acceptors (Lipinski definition) is 5. The Balaban J connectivity index is 1.13. The minimum atomic E-state index is 0.0576. The topological polar surface area (TPSA) is 69.4 Å². The fourth-order valence-electron chi connectivity index (χ4n) is 10.0. The molecule has 7 aromatic carbocycles. The van der Waals surface area contributed by atoms with Gasteiger partial charge in [0.1, 0.15) is 0 Å². The monoisotopic (exact) mass is 786 g/mol. The molecule has 0 spiro atoms. The highest BCUT2D eigenvalue weighted by atomic mass is 15.0. The standard InChI is InChI=1S/C55H42N6/c1-54(2)25-26-55(3,4)45-32-47-43(31-44(45)54)48-39-20-8-6-14-34(39)23-24-46(48)61(47)37-18-9-16-36(29-37)51-58-52(41-21-10-15-33-13-5-7-19-38(33)41)60-53(59-51)42-30-35-17-11-27-56-49(35)50-40(42)22-12-28-57-50/h5-24,27-32H,25-26H2,1-4H3. The summed E-state index contributed by atoms with van der Waals surface area (Å²) in [5.41, 5.74) is 10.9. The van der Waals surface area contributed by atoms with Crippen LogP contribution in [0, 0.1) is 0 Å². The molecule has 0 bridgehead atoms. The maximum Gasteiger partial charge on any atom is 0.164 e. The summed E-state index contributed by atoms with van der Waals surface area (Å²) in [5.74, 6) is 1.80. The third kappa shape index (κ3) is 5.51. The second-order valence-corrected chi connectivity index (χ2v) is 18.0. The molecule has 4 heterocycles. The van der Waals surface area contributed by atoms with Gasteiger partial charge in [-0.25, -0.2) is 15.0 Å². The van der Waals surface area contributed by atoms with Crippen LogP contribution in [0.5, 0.6) is 0 Å². The van der Waals surface area contributed by atoms with E-state index < -0.39 is 0 Å². The summed E-state index contributed by atoms with van der Waals surface area (Å²) in [7, 11) is 0. The molecule has 0 aliphatic heterocycles. The van der Waals surface area contributed by atoms with Crippen molar-refractivity contribution >= 4 is 65.2 Å². The molecule has 0 N–H and O–H groups in total. The average Bonchev–Trinajstić information content (AvgIpc) is 3.64. The smallest absolute Gasteiger partial charge is 0.164 e. The van der Waals surface area contributed by atoms with E-state index in [-0.39, 0.29) is 10.8 Å². The van der Waals surface area contributed by atoms with E-state index in [1.165, 1.54) is 43.7 Å². The average molecular weight is 787 g/mol. The molecule has 1 aliphatic rings. The molecule has 0 amide bonds. The van der Waals surface area contributed by atoms with Crippen molar-refractivity contribution in [2.24, 2.45) is 0 Å². The van der Waals surface area contributed by atoms with Gasteiger partial charge in [-0.1, -0.05) is 125 Å². The van der Waals surface area contributed by atoms with Gasteiger partial charge in [-0.3, -0.25) is 9.97 Å². The third-order valence-corrected chi connectivity index (χ3v) is 13.4. The number of aromatic nitrogens is 6. The van der Waals surface area contributed by atoms with Gasteiger partial charge in [0.2, 0.25) is 0 Å². The van der Waals surface area contributed by atoms with Crippen LogP contribution in [0.15, 0.2) is 158 Å². The zero-order valence-corrected chi connectivity index (χ0v) is 34.6. The first kappa shape index (κ1) is 35.6. The summed E-state index contributed by atoms with van der Waals surface area (Å²) in [6.45, 7) is 9.65. The number of pyridine rings is 2. The van der Waals surface area contributed by atoms with Crippen molar-refractivity contribution in [3.63, 3.8) is 0 Å². The lowest BCUT2D eigenvalue weighted by Gasteiger charge is -2.42. The Kier molecular flexibility index (Phi) is 7.65. The van der Waals surface area contributed by atoms with Crippen LogP contribution < -0.4 is 0 Å². The van der Waals surface area contributed by atoms with E-state index in [1.807, 2.05) is 24.5 Å². The molecule has 0 atom stereocenters. The number of rotatable bonds is 4. The van der Waals surface area contributed by atoms with Crippen LogP contribution in [0.1, 0.15) is 51.7 Å². The van der Waals surface area contributed by atoms with Crippen LogP contribution in [0.4, 0.5) is 0 Å². The number of hydrogen-bond donors (Lipinski definition) is 0. The minimum Gasteiger partial charge on any atom is -0.309 e. The van der Waals surface area contributed by atoms with Crippen LogP contribution in [0.2, 0.25) is 0 Å². The van der Waals surface area contributed by atoms with Gasteiger partial charge in [0, 0.05) is 56.3 Å². The molecule has 6 nitrogen and oxygen atoms in total. The van der Waals surface area contributed by atoms with Crippen LogP contribution in [0.25, 0.3) is 105 Å². The first-order chi connectivity index (χ1) is 29.7. The normalized spacial score (nSPS) is 14.7. The van der Waals surface area contributed by atoms with Gasteiger partial charge in [-0.2, -0.15) is 0 Å². The molecule has 0 radical (unpaired) electrons. The second kappa shape index (κ2) is 13.1. The molecular weight excluding hydrogens is 745 g/mol. The first-order valence-corrected chi connectivity index (χ1v) is 21.2. The van der Waals surface area contributed by atoms with Gasteiger partial charge in [0.25, 0.3) is 0 Å². The van der Waals surface area contributed by atoms with Gasteiger partial charge in [0.15, 0.2) is 17.5 Å². The van der Waals surface area contributed by atoms with Gasteiger partial charge >= 0.3 is 0 Å². The molecule has 0 saturated carbocycles. The number of benzene rings is 7. The maximum atomic E-state index is 5.34. The number of nitrogens with zero attached hydrogens (tertiary/aromatic N) is 6. The predicted molar refractivity (Wildman–Crippen MR) is 251 cm³/mol. The summed E-state index contributed by atoms with van der Waals surface area (Å²) in [6.07, 6.45) is 5.95. The Morgan fingerprint density at radius 1 is 0.443 bits per heavy atom. The Morgan fingerprint density at radius 3 is 1.89 bits per heavy atom. The molecule has 6 heteroatoms. The summed E-state index contributed by atoms with van der Waals surface area (Å²) in [4.78, 5) is 25.5. The lowest BCUT2D eigenvalue weighted by molar-refractivity contribution is 0.332. The highest BCUT2D eigenvalue weighted by Crippen LogP contribution is 2.49. The van der Waals surface area contributed by atoms with E-state index in [2.05, 4.69) is 166 Å². The van der Waals surface area contributed by atoms with Crippen LogP contribution in [0.3, 0.4) is 0 Å². The molecular formula is C55H42N6. The maximum absolute atomic E-state index is 5.34. The van der Waals surface area contributed by atoms with Crippen molar-refractivity contribution in [1.29, 1.82) is 0 Å². The molecule has 4 aromatic heterocycles. The van der Waals surface area contributed by atoms with E-state index in [9.17, 15) is 0 Å². The van der Waals surface area contributed by atoms with Crippen LogP contribution >= 0.6 is 0 Å². The highest BCUT2D eigenvalue weighted by molar-refractivity contribution is 6.21. The molecule has 12 rings (SSSR count). The second-order valence-electron chi connectivity index (χ2n) is 18.0. The van der Waals surface area contributed by atoms with Gasteiger partial charge in [-0.05, 0) is 105 Å². The summed E-state index contributed by atoms with van der Waals surface area (Å²) >= 11 is 0. The van der Waals surface area contributed by atoms with Crippen molar-refractivity contribution in [2.45, 2.75) is 51.4 Å². The quantitative estimate of drug-likeness (QED) is 0.166. The van der Waals surface area contributed by atoms with Crippen molar-refractivity contribution in [2.75, 3.05) is 0 Å². The van der Waals surface area contributed by atoms with E-state index in [0.717, 1.165) is 67.8 Å². The summed E-state index contributed by atoms with van der Waals surface area (Å²) in [5, 5.41) is 9.21. The summed E-state index contributed by atoms with van der Waals surface area (Å²) in [6, 6.07) is 52.1. The minimum absolute atomic E-state index is 0.0576. The Morgan fingerprint density at radius 2 is 1.07 bits per heavy atom. The predicted octanol–water partition coefficient (Wildman–Crippen LogP) is 13.7. The van der Waals surface area contributed by atoms with Gasteiger partial charge in [0.05, 0.1) is 22.1 Å². The molecule has 0 unspecified atom stereocenters. The fraction of sp³-hybridized carbons (Fsp3) is 0.145. The SMILES string of the molecule is CC1(C)CCC(C)(C)c2cc3c(cc21)c1c2ccccc2ccc1n3-c1cccc(-c2nc(-c3cccc4ccccc34)nc(-c3cc4cccnc4c4ncccc34)n2)c1. The molecule has 0 fully saturated rings. The lowest BCUT2D eigenvalue weighted by atomic mass is 9.63. The van der Waals surface area contributed by atoms with Crippen molar-refractivity contribution in [3.05, 3.63) is 169 Å². The Bertz CT molecular complexity index is 3610. The Hall–Kier alpha value is -7.31. The third-order valence-electron chi connectivity index (χ3n) is 13.4.